The maximum Gasteiger partial charge on any atom is 0.229 e. The third-order valence-electron chi connectivity index (χ3n) is 3.70. The summed E-state index contributed by atoms with van der Waals surface area (Å²) in [6, 6.07) is 12.8. The number of H-pyrrole nitrogens is 1. The van der Waals surface area contributed by atoms with E-state index in [1.54, 1.807) is 24.2 Å². The van der Waals surface area contributed by atoms with Crippen LogP contribution in [-0.4, -0.2) is 32.2 Å². The van der Waals surface area contributed by atoms with E-state index in [0.29, 0.717) is 28.6 Å². The predicted octanol–water partition coefficient (Wildman–Crippen LogP) is 3.40. The van der Waals surface area contributed by atoms with E-state index in [1.165, 1.54) is 6.07 Å². The Kier molecular flexibility index (Phi) is 3.70. The van der Waals surface area contributed by atoms with Crippen LogP contribution in [0, 0.1) is 5.82 Å². The number of hydrogen-bond donors (Lipinski definition) is 2. The second kappa shape index (κ2) is 6.16. The topological polar surface area (TPSA) is 82.6 Å². The first kappa shape index (κ1) is 15.0. The van der Waals surface area contributed by atoms with Crippen LogP contribution in [0.25, 0.3) is 11.0 Å². The van der Waals surface area contributed by atoms with Gasteiger partial charge in [-0.3, -0.25) is 5.10 Å². The molecule has 4 rings (SSSR count). The van der Waals surface area contributed by atoms with E-state index in [1.807, 2.05) is 30.3 Å². The van der Waals surface area contributed by atoms with Gasteiger partial charge in [0.05, 0.1) is 11.6 Å². The average molecular weight is 335 g/mol. The highest BCUT2D eigenvalue weighted by Gasteiger charge is 2.15. The van der Waals surface area contributed by atoms with Gasteiger partial charge in [-0.15, -0.1) is 0 Å². The van der Waals surface area contributed by atoms with Gasteiger partial charge in [0.15, 0.2) is 11.5 Å². The molecule has 0 saturated heterocycles. The van der Waals surface area contributed by atoms with Crippen molar-refractivity contribution in [2.45, 2.75) is 0 Å². The Bertz CT molecular complexity index is 1020. The largest absolute Gasteiger partial charge is 0.324 e. The molecule has 0 saturated carbocycles. The molecule has 4 aromatic rings. The molecule has 0 aliphatic carbocycles. The number of halogens is 1. The molecule has 1 aromatic carbocycles. The summed E-state index contributed by atoms with van der Waals surface area (Å²) in [6.45, 7) is 0. The molecule has 0 unspecified atom stereocenters. The Balaban J connectivity index is 1.66. The van der Waals surface area contributed by atoms with Crippen LogP contribution in [0.5, 0.6) is 0 Å². The van der Waals surface area contributed by atoms with Crippen molar-refractivity contribution in [2.24, 2.45) is 0 Å². The van der Waals surface area contributed by atoms with E-state index in [2.05, 4.69) is 30.5 Å². The summed E-state index contributed by atoms with van der Waals surface area (Å²) in [5, 5.41) is 10.7. The van der Waals surface area contributed by atoms with Crippen LogP contribution >= 0.6 is 0 Å². The second-order valence-corrected chi connectivity index (χ2v) is 5.39. The fourth-order valence-corrected chi connectivity index (χ4v) is 2.48. The molecule has 0 aliphatic rings. The molecule has 2 N–H and O–H groups in total. The molecule has 0 atom stereocenters. The van der Waals surface area contributed by atoms with Crippen molar-refractivity contribution in [3.05, 3.63) is 60.7 Å². The maximum absolute atomic E-state index is 13.5. The molecule has 0 amide bonds. The molecule has 0 aliphatic heterocycles. The molecule has 0 fully saturated rings. The normalized spacial score (nSPS) is 10.8. The van der Waals surface area contributed by atoms with Gasteiger partial charge in [0, 0.05) is 18.9 Å². The van der Waals surface area contributed by atoms with E-state index >= 15 is 0 Å². The van der Waals surface area contributed by atoms with Crippen LogP contribution in [0.4, 0.5) is 27.7 Å². The minimum atomic E-state index is -0.419. The number of fused-ring (bicyclic) bond motifs is 1. The number of pyridine rings is 1. The van der Waals surface area contributed by atoms with Crippen LogP contribution in [0.3, 0.4) is 0 Å². The summed E-state index contributed by atoms with van der Waals surface area (Å²) in [5.74, 6) is 1.19. The van der Waals surface area contributed by atoms with Crippen LogP contribution < -0.4 is 10.2 Å². The number of nitrogens with zero attached hydrogens (tertiary/aromatic N) is 5. The molecule has 0 bridgehead atoms. The number of nitrogens with one attached hydrogen (secondary N) is 2. The van der Waals surface area contributed by atoms with E-state index in [-0.39, 0.29) is 0 Å². The van der Waals surface area contributed by atoms with Crippen LogP contribution in [0.1, 0.15) is 0 Å². The summed E-state index contributed by atoms with van der Waals surface area (Å²) in [7, 11) is 1.80. The second-order valence-electron chi connectivity index (χ2n) is 5.39. The molecule has 3 heterocycles. The molecule has 3 aromatic heterocycles. The van der Waals surface area contributed by atoms with Crippen molar-refractivity contribution in [2.75, 3.05) is 17.3 Å². The molecular formula is C17H14FN7. The summed E-state index contributed by atoms with van der Waals surface area (Å²) in [4.78, 5) is 14.4. The van der Waals surface area contributed by atoms with Crippen LogP contribution in [0.15, 0.2) is 54.9 Å². The summed E-state index contributed by atoms with van der Waals surface area (Å²) in [6.07, 6.45) is 2.80. The van der Waals surface area contributed by atoms with Crippen molar-refractivity contribution >= 4 is 34.3 Å². The minimum absolute atomic E-state index is 0.419. The molecular weight excluding hydrogens is 321 g/mol. The minimum Gasteiger partial charge on any atom is -0.324 e. The molecule has 0 spiro atoms. The zero-order chi connectivity index (χ0) is 17.2. The van der Waals surface area contributed by atoms with Crippen LogP contribution in [-0.2, 0) is 0 Å². The molecule has 124 valence electrons. The van der Waals surface area contributed by atoms with Crippen LogP contribution in [0.2, 0.25) is 0 Å². The smallest absolute Gasteiger partial charge is 0.229 e. The van der Waals surface area contributed by atoms with Crippen molar-refractivity contribution in [3.8, 4) is 0 Å². The zero-order valence-electron chi connectivity index (χ0n) is 13.3. The van der Waals surface area contributed by atoms with Gasteiger partial charge in [0.2, 0.25) is 5.95 Å². The monoisotopic (exact) mass is 335 g/mol. The van der Waals surface area contributed by atoms with Gasteiger partial charge in [0.1, 0.15) is 11.6 Å². The van der Waals surface area contributed by atoms with Gasteiger partial charge in [-0.2, -0.15) is 10.1 Å². The Hall–Kier alpha value is -3.55. The zero-order valence-corrected chi connectivity index (χ0v) is 13.3. The van der Waals surface area contributed by atoms with Crippen molar-refractivity contribution < 1.29 is 4.39 Å². The number of anilines is 4. The van der Waals surface area contributed by atoms with Gasteiger partial charge in [0.25, 0.3) is 0 Å². The number of aromatic amines is 1. The highest BCUT2D eigenvalue weighted by molar-refractivity contribution is 5.89. The lowest BCUT2D eigenvalue weighted by molar-refractivity contribution is 0.624. The number of rotatable bonds is 4. The Morgan fingerprint density at radius 1 is 1.12 bits per heavy atom. The molecule has 25 heavy (non-hydrogen) atoms. The standard InChI is InChI=1S/C17H14FN7/c1-25(16-13-9-11(18)10-20-15(13)23-24-16)14-7-8-19-17(22-14)21-12-5-3-2-4-6-12/h2-10H,1H3,(H,19,21,22)(H,20,23,24). The van der Waals surface area contributed by atoms with E-state index in [4.69, 9.17) is 0 Å². The van der Waals surface area contributed by atoms with Gasteiger partial charge >= 0.3 is 0 Å². The van der Waals surface area contributed by atoms with Gasteiger partial charge in [-0.05, 0) is 24.3 Å². The number of aromatic nitrogens is 5. The van der Waals surface area contributed by atoms with Crippen molar-refractivity contribution in [1.82, 2.24) is 25.1 Å². The predicted molar refractivity (Wildman–Crippen MR) is 93.7 cm³/mol. The highest BCUT2D eigenvalue weighted by atomic mass is 19.1. The summed E-state index contributed by atoms with van der Waals surface area (Å²) < 4.78 is 13.5. The Morgan fingerprint density at radius 2 is 1.96 bits per heavy atom. The van der Waals surface area contributed by atoms with Crippen molar-refractivity contribution in [3.63, 3.8) is 0 Å². The molecule has 7 nitrogen and oxygen atoms in total. The first-order chi connectivity index (χ1) is 12.2. The highest BCUT2D eigenvalue weighted by Crippen LogP contribution is 2.27. The lowest BCUT2D eigenvalue weighted by Gasteiger charge is -2.16. The third kappa shape index (κ3) is 2.97. The van der Waals surface area contributed by atoms with E-state index in [9.17, 15) is 4.39 Å². The first-order valence-corrected chi connectivity index (χ1v) is 7.59. The number of hydrogen-bond acceptors (Lipinski definition) is 6. The Labute approximate surface area is 142 Å². The SMILES string of the molecule is CN(c1ccnc(Nc2ccccc2)n1)c1n[nH]c2ncc(F)cc12. The average Bonchev–Trinajstić information content (AvgIpc) is 3.05. The van der Waals surface area contributed by atoms with Gasteiger partial charge < -0.3 is 10.2 Å². The fraction of sp³-hybridized carbons (Fsp3) is 0.0588. The molecule has 0 radical (unpaired) electrons. The Morgan fingerprint density at radius 3 is 2.80 bits per heavy atom. The lowest BCUT2D eigenvalue weighted by Crippen LogP contribution is -2.13. The molecule has 8 heteroatoms. The number of para-hydroxylation sites is 1. The summed E-state index contributed by atoms with van der Waals surface area (Å²) >= 11 is 0. The third-order valence-corrected chi connectivity index (χ3v) is 3.70. The van der Waals surface area contributed by atoms with Gasteiger partial charge in [-0.1, -0.05) is 18.2 Å². The summed E-state index contributed by atoms with van der Waals surface area (Å²) in [5.41, 5.74) is 1.40. The number of benzene rings is 1. The van der Waals surface area contributed by atoms with Crippen molar-refractivity contribution in [1.29, 1.82) is 0 Å². The van der Waals surface area contributed by atoms with E-state index in [0.717, 1.165) is 11.9 Å². The quantitative estimate of drug-likeness (QED) is 0.595. The first-order valence-electron chi connectivity index (χ1n) is 7.59. The fourth-order valence-electron chi connectivity index (χ4n) is 2.48. The van der Waals surface area contributed by atoms with E-state index < -0.39 is 5.82 Å². The maximum atomic E-state index is 13.5. The van der Waals surface area contributed by atoms with Gasteiger partial charge in [-0.25, -0.2) is 14.4 Å². The lowest BCUT2D eigenvalue weighted by atomic mass is 10.3.